The predicted molar refractivity (Wildman–Crippen MR) is 75.8 cm³/mol. The molecule has 2 rings (SSSR count). The standard InChI is InChI=1S/C13H18N2O4S/c1-8-3-4-11(19-8)9(2)14-13(18)15-5-6-20-7-10(15)12(16)17/h3-4,9-10H,5-7H2,1-2H3,(H,14,18)(H,16,17). The molecule has 6 nitrogen and oxygen atoms in total. The van der Waals surface area contributed by atoms with Crippen molar-refractivity contribution < 1.29 is 19.1 Å². The molecule has 1 aliphatic heterocycles. The van der Waals surface area contributed by atoms with Gasteiger partial charge in [0.2, 0.25) is 0 Å². The maximum absolute atomic E-state index is 12.2. The fourth-order valence-corrected chi connectivity index (χ4v) is 3.12. The summed E-state index contributed by atoms with van der Waals surface area (Å²) in [5.74, 6) is 1.66. The molecule has 1 aromatic heterocycles. The quantitative estimate of drug-likeness (QED) is 0.890. The number of carbonyl (C=O) groups excluding carboxylic acids is 1. The van der Waals surface area contributed by atoms with Crippen molar-refractivity contribution in [2.45, 2.75) is 25.9 Å². The molecule has 2 heterocycles. The first-order valence-electron chi connectivity index (χ1n) is 6.43. The number of rotatable bonds is 3. The van der Waals surface area contributed by atoms with E-state index in [9.17, 15) is 9.59 Å². The van der Waals surface area contributed by atoms with Crippen molar-refractivity contribution in [3.05, 3.63) is 23.7 Å². The molecular formula is C13H18N2O4S. The maximum atomic E-state index is 12.2. The third-order valence-electron chi connectivity index (χ3n) is 3.20. The van der Waals surface area contributed by atoms with Crippen LogP contribution in [0.2, 0.25) is 0 Å². The number of amides is 2. The van der Waals surface area contributed by atoms with Gasteiger partial charge >= 0.3 is 12.0 Å². The minimum Gasteiger partial charge on any atom is -0.480 e. The van der Waals surface area contributed by atoms with Gasteiger partial charge in [0.15, 0.2) is 0 Å². The number of carboxylic acid groups (broad SMARTS) is 1. The van der Waals surface area contributed by atoms with E-state index in [1.807, 2.05) is 19.9 Å². The minimum absolute atomic E-state index is 0.291. The summed E-state index contributed by atoms with van der Waals surface area (Å²) in [5.41, 5.74) is 0. The van der Waals surface area contributed by atoms with Crippen molar-refractivity contribution in [1.29, 1.82) is 0 Å². The smallest absolute Gasteiger partial charge is 0.327 e. The van der Waals surface area contributed by atoms with Crippen LogP contribution in [0, 0.1) is 6.92 Å². The molecule has 0 aliphatic carbocycles. The molecule has 0 spiro atoms. The van der Waals surface area contributed by atoms with E-state index >= 15 is 0 Å². The van der Waals surface area contributed by atoms with Gasteiger partial charge in [-0.3, -0.25) is 0 Å². The van der Waals surface area contributed by atoms with E-state index in [1.165, 1.54) is 4.90 Å². The highest BCUT2D eigenvalue weighted by atomic mass is 32.2. The number of hydrogen-bond acceptors (Lipinski definition) is 4. The Hall–Kier alpha value is -1.63. The van der Waals surface area contributed by atoms with E-state index in [0.717, 1.165) is 11.5 Å². The second-order valence-electron chi connectivity index (χ2n) is 4.74. The molecule has 2 amide bonds. The van der Waals surface area contributed by atoms with Crippen LogP contribution >= 0.6 is 11.8 Å². The molecule has 2 unspecified atom stereocenters. The summed E-state index contributed by atoms with van der Waals surface area (Å²) >= 11 is 1.55. The first-order valence-corrected chi connectivity index (χ1v) is 7.58. The average Bonchev–Trinajstić information content (AvgIpc) is 2.85. The zero-order valence-corrected chi connectivity index (χ0v) is 12.3. The lowest BCUT2D eigenvalue weighted by Gasteiger charge is -2.33. The Morgan fingerprint density at radius 2 is 2.30 bits per heavy atom. The average molecular weight is 298 g/mol. The molecule has 1 aliphatic rings. The largest absolute Gasteiger partial charge is 0.480 e. The van der Waals surface area contributed by atoms with Gasteiger partial charge in [0.1, 0.15) is 17.6 Å². The van der Waals surface area contributed by atoms with Crippen LogP contribution in [0.5, 0.6) is 0 Å². The van der Waals surface area contributed by atoms with E-state index in [-0.39, 0.29) is 12.1 Å². The van der Waals surface area contributed by atoms with E-state index in [4.69, 9.17) is 9.52 Å². The number of carboxylic acids is 1. The van der Waals surface area contributed by atoms with Gasteiger partial charge in [-0.1, -0.05) is 0 Å². The first kappa shape index (κ1) is 14.8. The Morgan fingerprint density at radius 3 is 2.90 bits per heavy atom. The molecule has 7 heteroatoms. The number of nitrogens with one attached hydrogen (secondary N) is 1. The van der Waals surface area contributed by atoms with Crippen LogP contribution in [0.3, 0.4) is 0 Å². The number of aryl methyl sites for hydroxylation is 1. The second kappa shape index (κ2) is 6.21. The second-order valence-corrected chi connectivity index (χ2v) is 5.89. The van der Waals surface area contributed by atoms with Gasteiger partial charge in [-0.15, -0.1) is 0 Å². The van der Waals surface area contributed by atoms with Crippen LogP contribution in [-0.4, -0.2) is 46.1 Å². The summed E-state index contributed by atoms with van der Waals surface area (Å²) < 4.78 is 5.45. The summed E-state index contributed by atoms with van der Waals surface area (Å²) in [6, 6.07) is 2.22. The van der Waals surface area contributed by atoms with Gasteiger partial charge in [-0.05, 0) is 26.0 Å². The lowest BCUT2D eigenvalue weighted by atomic mass is 10.2. The Labute approximate surface area is 121 Å². The van der Waals surface area contributed by atoms with Gasteiger partial charge < -0.3 is 19.7 Å². The highest BCUT2D eigenvalue weighted by Gasteiger charge is 2.33. The summed E-state index contributed by atoms with van der Waals surface area (Å²) in [4.78, 5) is 24.8. The van der Waals surface area contributed by atoms with Crippen molar-refractivity contribution >= 4 is 23.8 Å². The Kier molecular flexibility index (Phi) is 4.59. The van der Waals surface area contributed by atoms with Crippen molar-refractivity contribution in [1.82, 2.24) is 10.2 Å². The van der Waals surface area contributed by atoms with E-state index in [0.29, 0.717) is 18.1 Å². The van der Waals surface area contributed by atoms with Crippen LogP contribution in [0.25, 0.3) is 0 Å². The SMILES string of the molecule is Cc1ccc(C(C)NC(=O)N2CCSCC2C(=O)O)o1. The summed E-state index contributed by atoms with van der Waals surface area (Å²) in [6.07, 6.45) is 0. The fourth-order valence-electron chi connectivity index (χ4n) is 2.08. The third-order valence-corrected chi connectivity index (χ3v) is 4.22. The number of thioether (sulfide) groups is 1. The number of nitrogens with zero attached hydrogens (tertiary/aromatic N) is 1. The number of urea groups is 1. The Balaban J connectivity index is 2.01. The lowest BCUT2D eigenvalue weighted by Crippen LogP contribution is -2.54. The molecular weight excluding hydrogens is 280 g/mol. The molecule has 20 heavy (non-hydrogen) atoms. The zero-order chi connectivity index (χ0) is 14.7. The zero-order valence-electron chi connectivity index (χ0n) is 11.5. The minimum atomic E-state index is -0.964. The third kappa shape index (κ3) is 3.27. The van der Waals surface area contributed by atoms with Crippen LogP contribution in [-0.2, 0) is 4.79 Å². The van der Waals surface area contributed by atoms with Gasteiger partial charge in [0, 0.05) is 18.1 Å². The van der Waals surface area contributed by atoms with Crippen molar-refractivity contribution in [3.63, 3.8) is 0 Å². The van der Waals surface area contributed by atoms with E-state index in [2.05, 4.69) is 5.32 Å². The molecule has 1 fully saturated rings. The van der Waals surface area contributed by atoms with Gasteiger partial charge in [-0.2, -0.15) is 11.8 Å². The predicted octanol–water partition coefficient (Wildman–Crippen LogP) is 1.86. The molecule has 1 saturated heterocycles. The van der Waals surface area contributed by atoms with E-state index < -0.39 is 12.0 Å². The van der Waals surface area contributed by atoms with Crippen LogP contribution in [0.4, 0.5) is 4.79 Å². The first-order chi connectivity index (χ1) is 9.49. The van der Waals surface area contributed by atoms with Crippen molar-refractivity contribution in [2.24, 2.45) is 0 Å². The van der Waals surface area contributed by atoms with Crippen LogP contribution < -0.4 is 5.32 Å². The molecule has 1 aromatic rings. The topological polar surface area (TPSA) is 82.8 Å². The Morgan fingerprint density at radius 1 is 1.55 bits per heavy atom. The Bertz CT molecular complexity index is 502. The number of carbonyl (C=O) groups is 2. The number of furan rings is 1. The van der Waals surface area contributed by atoms with Crippen molar-refractivity contribution in [3.8, 4) is 0 Å². The molecule has 0 radical (unpaired) electrons. The molecule has 2 atom stereocenters. The molecule has 110 valence electrons. The molecule has 0 saturated carbocycles. The van der Waals surface area contributed by atoms with E-state index in [1.54, 1.807) is 17.8 Å². The maximum Gasteiger partial charge on any atom is 0.327 e. The highest BCUT2D eigenvalue weighted by Crippen LogP contribution is 2.19. The normalized spacial score (nSPS) is 20.5. The van der Waals surface area contributed by atoms with Crippen LogP contribution in [0.15, 0.2) is 16.5 Å². The number of hydrogen-bond donors (Lipinski definition) is 2. The van der Waals surface area contributed by atoms with Crippen molar-refractivity contribution in [2.75, 3.05) is 18.1 Å². The molecule has 2 N–H and O–H groups in total. The highest BCUT2D eigenvalue weighted by molar-refractivity contribution is 7.99. The van der Waals surface area contributed by atoms with Gasteiger partial charge in [0.25, 0.3) is 0 Å². The summed E-state index contributed by atoms with van der Waals surface area (Å²) in [7, 11) is 0. The molecule has 0 bridgehead atoms. The molecule has 0 aromatic carbocycles. The lowest BCUT2D eigenvalue weighted by molar-refractivity contribution is -0.141. The monoisotopic (exact) mass is 298 g/mol. The van der Waals surface area contributed by atoms with Crippen LogP contribution in [0.1, 0.15) is 24.5 Å². The number of aliphatic carboxylic acids is 1. The summed E-state index contributed by atoms with van der Waals surface area (Å²) in [6.45, 7) is 4.09. The summed E-state index contributed by atoms with van der Waals surface area (Å²) in [5, 5.41) is 11.9. The van der Waals surface area contributed by atoms with Gasteiger partial charge in [0.05, 0.1) is 6.04 Å². The fraction of sp³-hybridized carbons (Fsp3) is 0.538. The van der Waals surface area contributed by atoms with Gasteiger partial charge in [-0.25, -0.2) is 9.59 Å².